The highest BCUT2D eigenvalue weighted by molar-refractivity contribution is 7.07. The summed E-state index contributed by atoms with van der Waals surface area (Å²) in [6, 6.07) is 1.80. The molecular weight excluding hydrogens is 342 g/mol. The van der Waals surface area contributed by atoms with Gasteiger partial charge in [-0.05, 0) is 56.0 Å². The molecule has 140 valence electrons. The van der Waals surface area contributed by atoms with Crippen LogP contribution in [0.3, 0.4) is 0 Å². The first-order chi connectivity index (χ1) is 11.8. The van der Waals surface area contributed by atoms with Crippen molar-refractivity contribution in [2.75, 3.05) is 20.2 Å². The number of likely N-dealkylation sites (tertiary alicyclic amines) is 1. The van der Waals surface area contributed by atoms with Gasteiger partial charge in [0.05, 0.1) is 7.11 Å². The van der Waals surface area contributed by atoms with Crippen LogP contribution in [0.4, 0.5) is 9.59 Å². The van der Waals surface area contributed by atoms with Crippen LogP contribution in [0.15, 0.2) is 16.8 Å². The highest BCUT2D eigenvalue weighted by atomic mass is 32.1. The van der Waals surface area contributed by atoms with Crippen molar-refractivity contribution in [3.05, 3.63) is 22.4 Å². The molecule has 0 bridgehead atoms. The van der Waals surface area contributed by atoms with Gasteiger partial charge in [-0.15, -0.1) is 0 Å². The summed E-state index contributed by atoms with van der Waals surface area (Å²) in [7, 11) is 1.42. The molecule has 1 aromatic rings. The second-order valence-electron chi connectivity index (χ2n) is 7.07. The first kappa shape index (κ1) is 19.5. The number of nitrogens with one attached hydrogen (secondary N) is 1. The molecule has 2 rings (SSSR count). The normalized spacial score (nSPS) is 15.8. The number of carbonyl (C=O) groups excluding carboxylic acids is 2. The van der Waals surface area contributed by atoms with E-state index in [1.807, 2.05) is 37.6 Å². The predicted molar refractivity (Wildman–Crippen MR) is 96.2 cm³/mol. The van der Waals surface area contributed by atoms with Crippen LogP contribution in [0.1, 0.15) is 39.2 Å². The molecule has 1 aliphatic rings. The molecule has 1 aromatic heterocycles. The van der Waals surface area contributed by atoms with E-state index in [-0.39, 0.29) is 18.2 Å². The Morgan fingerprint density at radius 2 is 2.04 bits per heavy atom. The molecule has 0 aromatic carbocycles. The van der Waals surface area contributed by atoms with Crippen molar-refractivity contribution in [2.24, 2.45) is 0 Å². The van der Waals surface area contributed by atoms with Crippen molar-refractivity contribution in [1.29, 1.82) is 0 Å². The van der Waals surface area contributed by atoms with Crippen molar-refractivity contribution in [1.82, 2.24) is 15.3 Å². The van der Waals surface area contributed by atoms with Gasteiger partial charge in [-0.1, -0.05) is 0 Å². The second-order valence-corrected chi connectivity index (χ2v) is 7.85. The number of hydrogen-bond donors (Lipinski definition) is 1. The van der Waals surface area contributed by atoms with Crippen molar-refractivity contribution in [3.8, 4) is 0 Å². The molecule has 3 amide bonds. The van der Waals surface area contributed by atoms with E-state index in [4.69, 9.17) is 9.57 Å². The molecule has 0 atom stereocenters. The lowest BCUT2D eigenvalue weighted by atomic mass is 10.0. The highest BCUT2D eigenvalue weighted by Crippen LogP contribution is 2.22. The molecule has 0 aliphatic carbocycles. The van der Waals surface area contributed by atoms with E-state index in [0.29, 0.717) is 32.5 Å². The Balaban J connectivity index is 1.96. The molecule has 1 aliphatic heterocycles. The third-order valence-corrected chi connectivity index (χ3v) is 4.67. The zero-order valence-corrected chi connectivity index (χ0v) is 16.1. The standard InChI is InChI=1S/C17H27N3O4S/c1-17(2,3)24-16(22)19-8-5-14(6-9-19)20(15(21)18-23-4)11-13-7-10-25-12-13/h7,10,12,14H,5-6,8-9,11H2,1-4H3,(H,18,21). The third kappa shape index (κ3) is 5.89. The molecule has 0 unspecified atom stereocenters. The number of piperidine rings is 1. The van der Waals surface area contributed by atoms with Crippen molar-refractivity contribution in [3.63, 3.8) is 0 Å². The van der Waals surface area contributed by atoms with Gasteiger partial charge in [0.15, 0.2) is 0 Å². The average Bonchev–Trinajstić information content (AvgIpc) is 3.04. The van der Waals surface area contributed by atoms with Gasteiger partial charge in [0.25, 0.3) is 0 Å². The maximum atomic E-state index is 12.4. The number of amides is 3. The molecule has 0 saturated carbocycles. The summed E-state index contributed by atoms with van der Waals surface area (Å²) in [4.78, 5) is 32.8. The summed E-state index contributed by atoms with van der Waals surface area (Å²) >= 11 is 1.60. The molecular formula is C17H27N3O4S. The third-order valence-electron chi connectivity index (χ3n) is 3.94. The van der Waals surface area contributed by atoms with Gasteiger partial charge >= 0.3 is 12.1 Å². The van der Waals surface area contributed by atoms with Crippen LogP contribution in [-0.2, 0) is 16.1 Å². The fourth-order valence-corrected chi connectivity index (χ4v) is 3.44. The summed E-state index contributed by atoms with van der Waals surface area (Å²) in [6.07, 6.45) is 1.12. The number of hydroxylamine groups is 1. The van der Waals surface area contributed by atoms with Crippen molar-refractivity contribution < 1.29 is 19.2 Å². The Hall–Kier alpha value is -1.80. The Kier molecular flexibility index (Phi) is 6.66. The minimum absolute atomic E-state index is 0.0498. The fourth-order valence-electron chi connectivity index (χ4n) is 2.78. The van der Waals surface area contributed by atoms with Crippen LogP contribution in [0.25, 0.3) is 0 Å². The molecule has 8 heteroatoms. The molecule has 7 nitrogen and oxygen atoms in total. The summed E-state index contributed by atoms with van der Waals surface area (Å²) < 4.78 is 5.42. The molecule has 0 spiro atoms. The molecule has 25 heavy (non-hydrogen) atoms. The first-order valence-electron chi connectivity index (χ1n) is 8.39. The van der Waals surface area contributed by atoms with E-state index in [1.165, 1.54) is 7.11 Å². The predicted octanol–water partition coefficient (Wildman–Crippen LogP) is 3.22. The summed E-state index contributed by atoms with van der Waals surface area (Å²) in [6.45, 7) is 7.23. The van der Waals surface area contributed by atoms with E-state index >= 15 is 0 Å². The van der Waals surface area contributed by atoms with E-state index in [2.05, 4.69) is 5.48 Å². The Labute approximate surface area is 152 Å². The Bertz CT molecular complexity index is 563. The second kappa shape index (κ2) is 8.53. The van der Waals surface area contributed by atoms with E-state index in [0.717, 1.165) is 5.56 Å². The quantitative estimate of drug-likeness (QED) is 0.827. The molecule has 1 fully saturated rings. The highest BCUT2D eigenvalue weighted by Gasteiger charge is 2.31. The number of rotatable bonds is 4. The smallest absolute Gasteiger partial charge is 0.410 e. The first-order valence-corrected chi connectivity index (χ1v) is 9.33. The minimum atomic E-state index is -0.503. The maximum Gasteiger partial charge on any atom is 0.410 e. The molecule has 1 saturated heterocycles. The van der Waals surface area contributed by atoms with Crippen LogP contribution in [0.5, 0.6) is 0 Å². The minimum Gasteiger partial charge on any atom is -0.444 e. The van der Waals surface area contributed by atoms with Crippen LogP contribution >= 0.6 is 11.3 Å². The number of carbonyl (C=O) groups is 2. The van der Waals surface area contributed by atoms with E-state index < -0.39 is 5.60 Å². The SMILES string of the molecule is CONC(=O)N(Cc1ccsc1)C1CCN(C(=O)OC(C)(C)C)CC1. The summed E-state index contributed by atoms with van der Waals surface area (Å²) in [5.41, 5.74) is 2.99. The summed E-state index contributed by atoms with van der Waals surface area (Å²) in [5.74, 6) is 0. The lowest BCUT2D eigenvalue weighted by molar-refractivity contribution is 0.0142. The summed E-state index contributed by atoms with van der Waals surface area (Å²) in [5, 5.41) is 4.02. The maximum absolute atomic E-state index is 12.4. The van der Waals surface area contributed by atoms with Gasteiger partial charge in [-0.2, -0.15) is 11.3 Å². The van der Waals surface area contributed by atoms with Gasteiger partial charge < -0.3 is 14.5 Å². The lowest BCUT2D eigenvalue weighted by Gasteiger charge is -2.38. The van der Waals surface area contributed by atoms with Gasteiger partial charge in [-0.25, -0.2) is 15.1 Å². The Morgan fingerprint density at radius 3 is 2.56 bits per heavy atom. The van der Waals surface area contributed by atoms with Crippen LogP contribution in [0.2, 0.25) is 0 Å². The number of urea groups is 1. The number of nitrogens with zero attached hydrogens (tertiary/aromatic N) is 2. The molecule has 2 heterocycles. The van der Waals surface area contributed by atoms with Crippen molar-refractivity contribution >= 4 is 23.5 Å². The molecule has 0 radical (unpaired) electrons. The van der Waals surface area contributed by atoms with Gasteiger partial charge in [0, 0.05) is 25.7 Å². The van der Waals surface area contributed by atoms with Gasteiger partial charge in [0.1, 0.15) is 5.60 Å². The van der Waals surface area contributed by atoms with Gasteiger partial charge in [-0.3, -0.25) is 4.84 Å². The number of thiophene rings is 1. The monoisotopic (exact) mass is 369 g/mol. The zero-order chi connectivity index (χ0) is 18.4. The topological polar surface area (TPSA) is 71.1 Å². The van der Waals surface area contributed by atoms with Crippen LogP contribution in [-0.4, -0.2) is 53.8 Å². The van der Waals surface area contributed by atoms with E-state index in [1.54, 1.807) is 21.1 Å². The van der Waals surface area contributed by atoms with E-state index in [9.17, 15) is 9.59 Å². The number of hydrogen-bond acceptors (Lipinski definition) is 5. The lowest BCUT2D eigenvalue weighted by Crippen LogP contribution is -2.51. The van der Waals surface area contributed by atoms with Crippen LogP contribution < -0.4 is 5.48 Å². The van der Waals surface area contributed by atoms with Crippen LogP contribution in [0, 0.1) is 0 Å². The molecule has 1 N–H and O–H groups in total. The average molecular weight is 369 g/mol. The fraction of sp³-hybridized carbons (Fsp3) is 0.647. The number of ether oxygens (including phenoxy) is 1. The van der Waals surface area contributed by atoms with Gasteiger partial charge in [0.2, 0.25) is 0 Å². The largest absolute Gasteiger partial charge is 0.444 e. The Morgan fingerprint density at radius 1 is 1.36 bits per heavy atom. The zero-order valence-electron chi connectivity index (χ0n) is 15.3. The van der Waals surface area contributed by atoms with Crippen molar-refractivity contribution in [2.45, 2.75) is 51.8 Å².